The van der Waals surface area contributed by atoms with Crippen molar-refractivity contribution in [1.82, 2.24) is 0 Å². The smallest absolute Gasteiger partial charge is 0.0320 e. The van der Waals surface area contributed by atoms with E-state index >= 15 is 0 Å². The van der Waals surface area contributed by atoms with Gasteiger partial charge in [-0.3, -0.25) is 0 Å². The molecule has 18 heavy (non-hydrogen) atoms. The Morgan fingerprint density at radius 1 is 1.00 bits per heavy atom. The third-order valence-electron chi connectivity index (χ3n) is 3.25. The van der Waals surface area contributed by atoms with Crippen LogP contribution in [0.1, 0.15) is 100 Å². The van der Waals surface area contributed by atoms with Crippen molar-refractivity contribution in [3.05, 3.63) is 11.6 Å². The molecule has 0 N–H and O–H groups in total. The van der Waals surface area contributed by atoms with E-state index in [1.54, 1.807) is 5.57 Å². The molecule has 0 saturated heterocycles. The highest BCUT2D eigenvalue weighted by molar-refractivity contribution is 4.98. The van der Waals surface area contributed by atoms with Gasteiger partial charge in [-0.2, -0.15) is 0 Å². The minimum atomic E-state index is 0.917. The van der Waals surface area contributed by atoms with Crippen LogP contribution in [0.3, 0.4) is 0 Å². The third-order valence-corrected chi connectivity index (χ3v) is 3.25. The van der Waals surface area contributed by atoms with E-state index in [2.05, 4.69) is 47.6 Å². The topological polar surface area (TPSA) is 0 Å². The molecule has 1 unspecified atom stereocenters. The van der Waals surface area contributed by atoms with Crippen molar-refractivity contribution in [3.8, 4) is 0 Å². The van der Waals surface area contributed by atoms with Gasteiger partial charge in [0.05, 0.1) is 0 Å². The molecule has 0 aromatic rings. The molecule has 0 radical (unpaired) electrons. The quantitative estimate of drug-likeness (QED) is 0.416. The first kappa shape index (κ1) is 22.9. The van der Waals surface area contributed by atoms with Gasteiger partial charge in [-0.25, -0.2) is 0 Å². The van der Waals surface area contributed by atoms with E-state index in [4.69, 9.17) is 0 Å². The van der Waals surface area contributed by atoms with Crippen molar-refractivity contribution < 1.29 is 0 Å². The van der Waals surface area contributed by atoms with Crippen LogP contribution >= 0.6 is 0 Å². The Balaban J connectivity index is -0.000000317. The van der Waals surface area contributed by atoms with Crippen LogP contribution in [0.5, 0.6) is 0 Å². The molecule has 0 spiro atoms. The zero-order chi connectivity index (χ0) is 14.8. The lowest BCUT2D eigenvalue weighted by molar-refractivity contribution is 0.493. The molecule has 0 amide bonds. The molecule has 0 saturated carbocycles. The van der Waals surface area contributed by atoms with E-state index < -0.39 is 0 Å². The molecule has 0 fully saturated rings. The monoisotopic (exact) mass is 256 g/mol. The van der Waals surface area contributed by atoms with Crippen LogP contribution in [-0.4, -0.2) is 0 Å². The molecular weight excluding hydrogens is 216 g/mol. The minimum absolute atomic E-state index is 0.917. The van der Waals surface area contributed by atoms with E-state index in [-0.39, 0.29) is 0 Å². The van der Waals surface area contributed by atoms with Crippen LogP contribution in [0.15, 0.2) is 11.6 Å². The lowest BCUT2D eigenvalue weighted by Gasteiger charge is -2.08. The van der Waals surface area contributed by atoms with Crippen molar-refractivity contribution in [3.63, 3.8) is 0 Å². The summed E-state index contributed by atoms with van der Waals surface area (Å²) in [4.78, 5) is 0. The lowest BCUT2D eigenvalue weighted by atomic mass is 9.98. The Morgan fingerprint density at radius 3 is 1.78 bits per heavy atom. The van der Waals surface area contributed by atoms with Crippen LogP contribution in [0.2, 0.25) is 0 Å². The predicted molar refractivity (Wildman–Crippen MR) is 89.3 cm³/mol. The van der Waals surface area contributed by atoms with Crippen molar-refractivity contribution in [2.24, 2.45) is 5.92 Å². The first-order valence-corrected chi connectivity index (χ1v) is 8.30. The number of rotatable bonds is 7. The Labute approximate surface area is 118 Å². The van der Waals surface area contributed by atoms with Gasteiger partial charge in [-0.15, -0.1) is 0 Å². The number of allylic oxidation sites excluding steroid dienone is 2. The summed E-state index contributed by atoms with van der Waals surface area (Å²) >= 11 is 0. The highest BCUT2D eigenvalue weighted by Crippen LogP contribution is 2.16. The molecule has 0 aromatic heterocycles. The molecule has 0 aliphatic rings. The van der Waals surface area contributed by atoms with E-state index in [0.717, 1.165) is 5.92 Å². The second kappa shape index (κ2) is 22.0. The van der Waals surface area contributed by atoms with Crippen LogP contribution < -0.4 is 0 Å². The fraction of sp³-hybridized carbons (Fsp3) is 0.889. The zero-order valence-corrected chi connectivity index (χ0v) is 14.6. The summed E-state index contributed by atoms with van der Waals surface area (Å²) in [6.45, 7) is 17.4. The van der Waals surface area contributed by atoms with E-state index in [1.165, 1.54) is 44.9 Å². The maximum absolute atomic E-state index is 2.35. The Morgan fingerprint density at radius 2 is 1.50 bits per heavy atom. The van der Waals surface area contributed by atoms with Crippen molar-refractivity contribution >= 4 is 0 Å². The molecule has 112 valence electrons. The van der Waals surface area contributed by atoms with Crippen LogP contribution in [0.4, 0.5) is 0 Å². The summed E-state index contributed by atoms with van der Waals surface area (Å²) in [5.74, 6) is 0.917. The van der Waals surface area contributed by atoms with Crippen molar-refractivity contribution in [2.75, 3.05) is 0 Å². The Bertz CT molecular complexity index is 142. The standard InChI is InChI=1S/C12H24.C4H10.C2H6/c1-5-11(4)9-8-10-12(6-2)7-3;1-3-4-2;1-2/h6,11H,5,7-10H2,1-4H3;3-4H2,1-2H3;1-2H3/b12-6+;;. The van der Waals surface area contributed by atoms with Gasteiger partial charge in [0.2, 0.25) is 0 Å². The lowest BCUT2D eigenvalue weighted by Crippen LogP contribution is -1.92. The van der Waals surface area contributed by atoms with Gasteiger partial charge >= 0.3 is 0 Å². The minimum Gasteiger partial charge on any atom is -0.0885 e. The van der Waals surface area contributed by atoms with Gasteiger partial charge in [-0.1, -0.05) is 85.8 Å². The average Bonchev–Trinajstić information content (AvgIpc) is 2.45. The largest absolute Gasteiger partial charge is 0.0885 e. The molecule has 0 aliphatic heterocycles. The van der Waals surface area contributed by atoms with Gasteiger partial charge in [0.15, 0.2) is 0 Å². The van der Waals surface area contributed by atoms with Crippen LogP contribution in [0, 0.1) is 5.92 Å². The fourth-order valence-corrected chi connectivity index (χ4v) is 1.41. The number of unbranched alkanes of at least 4 members (excludes halogenated alkanes) is 1. The van der Waals surface area contributed by atoms with E-state index in [1.807, 2.05) is 13.8 Å². The number of hydrogen-bond acceptors (Lipinski definition) is 0. The third kappa shape index (κ3) is 21.1. The molecule has 0 nitrogen and oxygen atoms in total. The summed E-state index contributed by atoms with van der Waals surface area (Å²) in [7, 11) is 0. The molecule has 0 heteroatoms. The van der Waals surface area contributed by atoms with Gasteiger partial charge < -0.3 is 0 Å². The highest BCUT2D eigenvalue weighted by atomic mass is 14.0. The normalized spacial score (nSPS) is 11.9. The first-order valence-electron chi connectivity index (χ1n) is 8.30. The van der Waals surface area contributed by atoms with Gasteiger partial charge in [0, 0.05) is 0 Å². The summed E-state index contributed by atoms with van der Waals surface area (Å²) in [6, 6.07) is 0. The molecule has 0 heterocycles. The van der Waals surface area contributed by atoms with Crippen molar-refractivity contribution in [1.29, 1.82) is 0 Å². The molecule has 0 aliphatic carbocycles. The van der Waals surface area contributed by atoms with Crippen molar-refractivity contribution in [2.45, 2.75) is 100 Å². The second-order valence-corrected chi connectivity index (χ2v) is 4.71. The SMILES string of the molecule is C/C=C(\CC)CCCC(C)CC.CC.CCCC. The molecule has 0 aromatic carbocycles. The Hall–Kier alpha value is -0.260. The van der Waals surface area contributed by atoms with Gasteiger partial charge in [-0.05, 0) is 32.1 Å². The average molecular weight is 257 g/mol. The van der Waals surface area contributed by atoms with Crippen LogP contribution in [0.25, 0.3) is 0 Å². The molecular formula is C18H40. The van der Waals surface area contributed by atoms with Crippen LogP contribution in [-0.2, 0) is 0 Å². The summed E-state index contributed by atoms with van der Waals surface area (Å²) in [6.07, 6.45) is 11.6. The second-order valence-electron chi connectivity index (χ2n) is 4.71. The summed E-state index contributed by atoms with van der Waals surface area (Å²) in [5.41, 5.74) is 1.62. The Kier molecular flexibility index (Phi) is 27.9. The molecule has 0 rings (SSSR count). The first-order chi connectivity index (χ1) is 8.65. The summed E-state index contributed by atoms with van der Waals surface area (Å²) < 4.78 is 0. The van der Waals surface area contributed by atoms with Gasteiger partial charge in [0.1, 0.15) is 0 Å². The maximum Gasteiger partial charge on any atom is -0.0320 e. The molecule has 1 atom stereocenters. The van der Waals surface area contributed by atoms with E-state index in [9.17, 15) is 0 Å². The zero-order valence-electron chi connectivity index (χ0n) is 14.6. The summed E-state index contributed by atoms with van der Waals surface area (Å²) in [5, 5.41) is 0. The molecule has 0 bridgehead atoms. The predicted octanol–water partition coefficient (Wildman–Crippen LogP) is 7.39. The maximum atomic E-state index is 2.35. The highest BCUT2D eigenvalue weighted by Gasteiger charge is 1.99. The van der Waals surface area contributed by atoms with Gasteiger partial charge in [0.25, 0.3) is 0 Å². The van der Waals surface area contributed by atoms with E-state index in [0.29, 0.717) is 0 Å². The fourth-order valence-electron chi connectivity index (χ4n) is 1.41. The number of hydrogen-bond donors (Lipinski definition) is 0.